The molecule has 0 aliphatic heterocycles. The second-order valence-electron chi connectivity index (χ2n) is 9.76. The van der Waals surface area contributed by atoms with Crippen molar-refractivity contribution < 1.29 is 9.90 Å². The molecule has 2 aromatic carbocycles. The van der Waals surface area contributed by atoms with Crippen LogP contribution in [0.15, 0.2) is 60.2 Å². The molecule has 0 bridgehead atoms. The van der Waals surface area contributed by atoms with Crippen molar-refractivity contribution >= 4 is 36.9 Å². The topological polar surface area (TPSA) is 61.4 Å². The quantitative estimate of drug-likeness (QED) is 0.372. The zero-order chi connectivity index (χ0) is 22.5. The number of hydrogen-bond acceptors (Lipinski definition) is 3. The van der Waals surface area contributed by atoms with E-state index in [1.165, 1.54) is 37.7 Å². The first-order chi connectivity index (χ1) is 15.5. The maximum absolute atomic E-state index is 11.0. The Kier molecular flexibility index (Phi) is 11.1. The van der Waals surface area contributed by atoms with Gasteiger partial charge in [0.2, 0.25) is 0 Å². The summed E-state index contributed by atoms with van der Waals surface area (Å²) in [6.45, 7) is 5.43. The van der Waals surface area contributed by atoms with Gasteiger partial charge in [-0.2, -0.15) is 0 Å². The van der Waals surface area contributed by atoms with Crippen LogP contribution in [-0.4, -0.2) is 29.2 Å². The number of aromatic carboxylic acids is 1. The van der Waals surface area contributed by atoms with Gasteiger partial charge in [-0.3, -0.25) is 0 Å². The first-order valence-corrected chi connectivity index (χ1v) is 12.1. The van der Waals surface area contributed by atoms with E-state index in [1.54, 1.807) is 17.7 Å². The molecule has 0 heterocycles. The molecule has 2 unspecified atom stereocenters. The van der Waals surface area contributed by atoms with E-state index in [2.05, 4.69) is 60.9 Å². The zero-order valence-corrected chi connectivity index (χ0v) is 21.7. The molecule has 2 aromatic rings. The van der Waals surface area contributed by atoms with Crippen molar-refractivity contribution in [2.75, 3.05) is 0 Å². The molecule has 4 nitrogen and oxygen atoms in total. The minimum Gasteiger partial charge on any atom is -0.478 e. The van der Waals surface area contributed by atoms with Crippen LogP contribution in [-0.2, 0) is 6.54 Å². The van der Waals surface area contributed by atoms with E-state index < -0.39 is 5.97 Å². The summed E-state index contributed by atoms with van der Waals surface area (Å²) in [7, 11) is 0. The van der Waals surface area contributed by atoms with E-state index in [9.17, 15) is 4.79 Å². The van der Waals surface area contributed by atoms with Crippen molar-refractivity contribution in [3.05, 3.63) is 76.9 Å². The smallest absolute Gasteiger partial charge is 0.335 e. The molecule has 0 amide bonds. The van der Waals surface area contributed by atoms with E-state index >= 15 is 0 Å². The number of benzene rings is 2. The summed E-state index contributed by atoms with van der Waals surface area (Å²) < 4.78 is 0. The summed E-state index contributed by atoms with van der Waals surface area (Å²) in [6.07, 6.45) is 8.50. The van der Waals surface area contributed by atoms with Gasteiger partial charge in [0.1, 0.15) is 0 Å². The summed E-state index contributed by atoms with van der Waals surface area (Å²) >= 11 is 0. The Morgan fingerprint density at radius 1 is 0.971 bits per heavy atom. The molecule has 2 saturated carbocycles. The summed E-state index contributed by atoms with van der Waals surface area (Å²) in [5.41, 5.74) is 4.38. The highest BCUT2D eigenvalue weighted by Crippen LogP contribution is 2.42. The van der Waals surface area contributed by atoms with Gasteiger partial charge in [-0.1, -0.05) is 68.0 Å². The molecule has 0 radical (unpaired) electrons. The molecule has 0 saturated heterocycles. The van der Waals surface area contributed by atoms with Crippen molar-refractivity contribution in [1.82, 2.24) is 10.6 Å². The fourth-order valence-electron chi connectivity index (χ4n) is 4.99. The molecule has 0 aromatic heterocycles. The average molecular weight is 506 g/mol. The maximum atomic E-state index is 11.0. The Bertz CT molecular complexity index is 923. The largest absolute Gasteiger partial charge is 0.478 e. The molecule has 2 fully saturated rings. The highest BCUT2D eigenvalue weighted by atomic mass is 35.5. The number of rotatable bonds is 9. The van der Waals surface area contributed by atoms with Crippen molar-refractivity contribution in [1.29, 1.82) is 0 Å². The lowest BCUT2D eigenvalue weighted by Crippen LogP contribution is -2.41. The minimum atomic E-state index is -0.871. The van der Waals surface area contributed by atoms with Crippen LogP contribution in [0, 0.1) is 11.8 Å². The summed E-state index contributed by atoms with van der Waals surface area (Å²) in [4.78, 5) is 11.0. The van der Waals surface area contributed by atoms with Gasteiger partial charge >= 0.3 is 5.97 Å². The molecule has 6 heteroatoms. The third-order valence-electron chi connectivity index (χ3n) is 6.99. The number of carboxylic acid groups (broad SMARTS) is 1. The van der Waals surface area contributed by atoms with Gasteiger partial charge < -0.3 is 15.7 Å². The molecule has 4 rings (SSSR count). The predicted octanol–water partition coefficient (Wildman–Crippen LogP) is 6.35. The molecular weight excluding hydrogens is 467 g/mol. The fraction of sp³-hybridized carbons (Fsp3) is 0.464. The van der Waals surface area contributed by atoms with E-state index in [-0.39, 0.29) is 24.8 Å². The van der Waals surface area contributed by atoms with Gasteiger partial charge in [-0.25, -0.2) is 4.79 Å². The Balaban J connectivity index is 0.00000204. The van der Waals surface area contributed by atoms with Gasteiger partial charge in [-0.15, -0.1) is 24.8 Å². The zero-order valence-electron chi connectivity index (χ0n) is 20.1. The van der Waals surface area contributed by atoms with Crippen LogP contribution in [0.4, 0.5) is 0 Å². The van der Waals surface area contributed by atoms with Crippen LogP contribution in [0.5, 0.6) is 0 Å². The average Bonchev–Trinajstić information content (AvgIpc) is 3.56. The Morgan fingerprint density at radius 3 is 2.18 bits per heavy atom. The lowest BCUT2D eigenvalue weighted by molar-refractivity contribution is 0.0697. The predicted molar refractivity (Wildman–Crippen MR) is 145 cm³/mol. The van der Waals surface area contributed by atoms with Gasteiger partial charge in [0.15, 0.2) is 0 Å². The first kappa shape index (κ1) is 28.4. The van der Waals surface area contributed by atoms with Crippen molar-refractivity contribution in [2.45, 2.75) is 70.6 Å². The van der Waals surface area contributed by atoms with Gasteiger partial charge in [-0.05, 0) is 67.2 Å². The van der Waals surface area contributed by atoms with Crippen molar-refractivity contribution in [2.24, 2.45) is 11.8 Å². The third kappa shape index (κ3) is 7.84. The van der Waals surface area contributed by atoms with Crippen LogP contribution in [0.25, 0.3) is 6.08 Å². The Labute approximate surface area is 216 Å². The number of carboxylic acids is 1. The van der Waals surface area contributed by atoms with Crippen LogP contribution in [0.1, 0.15) is 67.4 Å². The second kappa shape index (κ2) is 13.3. The molecular formula is C28H38Cl2N2O2. The maximum Gasteiger partial charge on any atom is 0.335 e. The van der Waals surface area contributed by atoms with E-state index in [0.29, 0.717) is 35.5 Å². The van der Waals surface area contributed by atoms with Crippen molar-refractivity contribution in [3.63, 3.8) is 0 Å². The molecule has 2 atom stereocenters. The Hall–Kier alpha value is -1.85. The third-order valence-corrected chi connectivity index (χ3v) is 6.99. The molecule has 2 aliphatic carbocycles. The normalized spacial score (nSPS) is 24.1. The summed E-state index contributed by atoms with van der Waals surface area (Å²) in [5.74, 6) is 0.389. The van der Waals surface area contributed by atoms with Crippen LogP contribution in [0.3, 0.4) is 0 Å². The first-order valence-electron chi connectivity index (χ1n) is 12.1. The number of carbonyl (C=O) groups is 1. The van der Waals surface area contributed by atoms with Gasteiger partial charge in [0.25, 0.3) is 0 Å². The number of hydrogen-bond donors (Lipinski definition) is 3. The monoisotopic (exact) mass is 504 g/mol. The Morgan fingerprint density at radius 2 is 1.59 bits per heavy atom. The summed E-state index contributed by atoms with van der Waals surface area (Å²) in [6, 6.07) is 19.7. The summed E-state index contributed by atoms with van der Waals surface area (Å²) in [5, 5.41) is 16.6. The van der Waals surface area contributed by atoms with E-state index in [1.807, 2.05) is 12.1 Å². The highest BCUT2D eigenvalue weighted by molar-refractivity contribution is 5.87. The highest BCUT2D eigenvalue weighted by Gasteiger charge is 2.41. The lowest BCUT2D eigenvalue weighted by Gasteiger charge is -2.30. The molecule has 186 valence electrons. The van der Waals surface area contributed by atoms with E-state index in [0.717, 1.165) is 12.1 Å². The van der Waals surface area contributed by atoms with Crippen LogP contribution in [0.2, 0.25) is 0 Å². The second-order valence-corrected chi connectivity index (χ2v) is 9.76. The standard InChI is InChI=1S/C28H36N2O2.2ClH/c1-19(2)25(16-20-6-4-3-5-7-20)26-17-27(26)30-24-14-12-23(13-15-24)29-18-21-8-10-22(11-9-21)28(31)32;;/h3-11,16,19,23-24,26-27,29-30H,12-15,17-18H2,1-2H3,(H,31,32);2*1H. The SMILES string of the molecule is CC(C)C(=Cc1ccccc1)C1CC1NC1CCC(NCc2ccc(C(=O)O)cc2)CC1.Cl.Cl. The van der Waals surface area contributed by atoms with Crippen LogP contribution < -0.4 is 10.6 Å². The lowest BCUT2D eigenvalue weighted by atomic mass is 9.90. The molecule has 3 N–H and O–H groups in total. The molecule has 0 spiro atoms. The fourth-order valence-corrected chi connectivity index (χ4v) is 4.99. The number of halogens is 2. The van der Waals surface area contributed by atoms with Crippen LogP contribution >= 0.6 is 24.8 Å². The minimum absolute atomic E-state index is 0. The van der Waals surface area contributed by atoms with Crippen molar-refractivity contribution in [3.8, 4) is 0 Å². The van der Waals surface area contributed by atoms with Gasteiger partial charge in [0, 0.05) is 24.7 Å². The van der Waals surface area contributed by atoms with E-state index in [4.69, 9.17) is 5.11 Å². The number of nitrogens with one attached hydrogen (secondary N) is 2. The van der Waals surface area contributed by atoms with Gasteiger partial charge in [0.05, 0.1) is 5.56 Å². The molecule has 2 aliphatic rings. The molecule has 34 heavy (non-hydrogen) atoms.